The molecule has 0 fully saturated rings. The van der Waals surface area contributed by atoms with Gasteiger partial charge in [0.1, 0.15) is 5.75 Å². The molecular weight excluding hydrogens is 464 g/mol. The van der Waals surface area contributed by atoms with Crippen molar-refractivity contribution in [1.29, 1.82) is 0 Å². The molecule has 0 radical (unpaired) electrons. The number of carbonyl (C=O) groups is 1. The van der Waals surface area contributed by atoms with Crippen LogP contribution in [-0.2, 0) is 34.3 Å². The molecule has 1 N–H and O–H groups in total. The van der Waals surface area contributed by atoms with E-state index >= 15 is 0 Å². The van der Waals surface area contributed by atoms with Crippen LogP contribution in [0.5, 0.6) is 5.75 Å². The van der Waals surface area contributed by atoms with Crippen LogP contribution in [0.1, 0.15) is 17.5 Å². The van der Waals surface area contributed by atoms with Gasteiger partial charge in [-0.3, -0.25) is 4.79 Å². The van der Waals surface area contributed by atoms with E-state index in [1.165, 1.54) is 28.1 Å². The molecule has 174 valence electrons. The van der Waals surface area contributed by atoms with Crippen molar-refractivity contribution in [3.8, 4) is 5.75 Å². The summed E-state index contributed by atoms with van der Waals surface area (Å²) in [6.45, 7) is 1.79. The number of imidazole rings is 1. The second-order valence-corrected chi connectivity index (χ2v) is 10.1. The minimum absolute atomic E-state index is 0.100. The molecule has 0 spiro atoms. The number of rotatable bonds is 9. The van der Waals surface area contributed by atoms with Crippen LogP contribution in [0, 0.1) is 0 Å². The van der Waals surface area contributed by atoms with Gasteiger partial charge in [0, 0.05) is 38.6 Å². The Morgan fingerprint density at radius 3 is 2.76 bits per heavy atom. The van der Waals surface area contributed by atoms with Crippen LogP contribution in [0.15, 0.2) is 66.1 Å². The second-order valence-electron chi connectivity index (χ2n) is 7.74. The summed E-state index contributed by atoms with van der Waals surface area (Å²) in [6, 6.07) is 12.2. The van der Waals surface area contributed by atoms with E-state index in [0.29, 0.717) is 26.1 Å². The zero-order chi connectivity index (χ0) is 23.3. The van der Waals surface area contributed by atoms with Crippen molar-refractivity contribution in [2.24, 2.45) is 0 Å². The number of benzene rings is 2. The number of hydrogen-bond donors (Lipinski definition) is 1. The maximum absolute atomic E-state index is 13.1. The Labute approximate surface area is 198 Å². The van der Waals surface area contributed by atoms with Gasteiger partial charge in [0.05, 0.1) is 16.2 Å². The number of ether oxygens (including phenoxy) is 1. The van der Waals surface area contributed by atoms with Gasteiger partial charge in [-0.15, -0.1) is 0 Å². The molecule has 1 aliphatic rings. The summed E-state index contributed by atoms with van der Waals surface area (Å²) in [5.41, 5.74) is 2.18. The van der Waals surface area contributed by atoms with E-state index in [1.807, 2.05) is 35.0 Å². The molecule has 3 aromatic rings. The third-order valence-electron chi connectivity index (χ3n) is 5.47. The predicted molar refractivity (Wildman–Crippen MR) is 125 cm³/mol. The molecule has 0 aliphatic carbocycles. The molecule has 0 saturated carbocycles. The topological polar surface area (TPSA) is 93.5 Å². The van der Waals surface area contributed by atoms with E-state index in [2.05, 4.69) is 10.3 Å². The lowest BCUT2D eigenvalue weighted by Crippen LogP contribution is -2.35. The number of carbonyl (C=O) groups excluding carboxylic acids is 1. The quantitative estimate of drug-likeness (QED) is 0.467. The number of aromatic nitrogens is 2. The minimum Gasteiger partial charge on any atom is -0.482 e. The number of amides is 1. The Morgan fingerprint density at radius 2 is 2.00 bits per heavy atom. The summed E-state index contributed by atoms with van der Waals surface area (Å²) in [6.07, 6.45) is 6.72. The molecule has 4 rings (SSSR count). The summed E-state index contributed by atoms with van der Waals surface area (Å²) in [5.74, 6) is -0.0199. The Hall–Kier alpha value is -2.88. The van der Waals surface area contributed by atoms with E-state index in [-0.39, 0.29) is 28.2 Å². The van der Waals surface area contributed by atoms with Gasteiger partial charge < -0.3 is 14.6 Å². The summed E-state index contributed by atoms with van der Waals surface area (Å²) in [4.78, 5) is 16.1. The molecule has 2 heterocycles. The molecule has 10 heteroatoms. The molecule has 1 aromatic heterocycles. The highest BCUT2D eigenvalue weighted by Crippen LogP contribution is 2.30. The number of halogens is 1. The molecule has 8 nitrogen and oxygen atoms in total. The van der Waals surface area contributed by atoms with Crippen molar-refractivity contribution < 1.29 is 17.9 Å². The molecule has 0 unspecified atom stereocenters. The van der Waals surface area contributed by atoms with Crippen LogP contribution in [0.25, 0.3) is 0 Å². The third-order valence-corrected chi connectivity index (χ3v) is 7.61. The fourth-order valence-electron chi connectivity index (χ4n) is 3.69. The molecule has 0 saturated heterocycles. The van der Waals surface area contributed by atoms with Gasteiger partial charge in [0.2, 0.25) is 10.0 Å². The predicted octanol–water partition coefficient (Wildman–Crippen LogP) is 2.87. The van der Waals surface area contributed by atoms with E-state index in [4.69, 9.17) is 16.3 Å². The van der Waals surface area contributed by atoms with Crippen molar-refractivity contribution in [2.75, 3.05) is 19.7 Å². The average Bonchev–Trinajstić information content (AvgIpc) is 3.34. The number of nitrogens with one attached hydrogen (secondary N) is 1. The fourth-order valence-corrected chi connectivity index (χ4v) is 5.43. The van der Waals surface area contributed by atoms with Crippen LogP contribution in [0.4, 0.5) is 0 Å². The van der Waals surface area contributed by atoms with Gasteiger partial charge >= 0.3 is 0 Å². The van der Waals surface area contributed by atoms with Crippen molar-refractivity contribution in [3.05, 3.63) is 77.3 Å². The molecule has 1 aliphatic heterocycles. The van der Waals surface area contributed by atoms with Crippen LogP contribution in [0.2, 0.25) is 5.02 Å². The van der Waals surface area contributed by atoms with Crippen molar-refractivity contribution in [3.63, 3.8) is 0 Å². The first kappa shape index (κ1) is 23.3. The highest BCUT2D eigenvalue weighted by Gasteiger charge is 2.28. The minimum atomic E-state index is -3.70. The van der Waals surface area contributed by atoms with Gasteiger partial charge in [-0.25, -0.2) is 13.4 Å². The van der Waals surface area contributed by atoms with E-state index < -0.39 is 10.0 Å². The monoisotopic (exact) mass is 488 g/mol. The van der Waals surface area contributed by atoms with Gasteiger partial charge in [0.15, 0.2) is 6.61 Å². The molecular formula is C23H25ClN4O4S. The van der Waals surface area contributed by atoms with E-state index in [0.717, 1.165) is 18.5 Å². The number of aryl methyl sites for hydroxylation is 1. The normalized spacial score (nSPS) is 14.0. The molecule has 2 aromatic carbocycles. The maximum atomic E-state index is 13.1. The lowest BCUT2D eigenvalue weighted by Gasteiger charge is -2.28. The first-order chi connectivity index (χ1) is 15.9. The summed E-state index contributed by atoms with van der Waals surface area (Å²) < 4.78 is 35.1. The number of nitrogens with zero attached hydrogens (tertiary/aromatic N) is 3. The lowest BCUT2D eigenvalue weighted by atomic mass is 10.0. The zero-order valence-electron chi connectivity index (χ0n) is 18.0. The van der Waals surface area contributed by atoms with Crippen LogP contribution >= 0.6 is 11.6 Å². The van der Waals surface area contributed by atoms with Crippen LogP contribution in [-0.4, -0.2) is 47.9 Å². The third kappa shape index (κ3) is 5.73. The summed E-state index contributed by atoms with van der Waals surface area (Å²) in [7, 11) is -3.70. The van der Waals surface area contributed by atoms with Crippen molar-refractivity contribution in [1.82, 2.24) is 19.2 Å². The fraction of sp³-hybridized carbons (Fsp3) is 0.304. The van der Waals surface area contributed by atoms with Gasteiger partial charge in [-0.05, 0) is 42.2 Å². The van der Waals surface area contributed by atoms with Gasteiger partial charge in [0.25, 0.3) is 5.91 Å². The highest BCUT2D eigenvalue weighted by atomic mass is 35.5. The Balaban J connectivity index is 1.30. The Morgan fingerprint density at radius 1 is 1.18 bits per heavy atom. The molecule has 1 amide bonds. The van der Waals surface area contributed by atoms with Gasteiger partial charge in [-0.1, -0.05) is 35.9 Å². The average molecular weight is 489 g/mol. The van der Waals surface area contributed by atoms with Crippen molar-refractivity contribution in [2.45, 2.75) is 30.8 Å². The van der Waals surface area contributed by atoms with E-state index in [9.17, 15) is 13.2 Å². The SMILES string of the molecule is O=C(COc1ccc(S(=O)(=O)N2CCc3ccccc3C2)cc1Cl)NCCCn1ccnc1. The van der Waals surface area contributed by atoms with Crippen molar-refractivity contribution >= 4 is 27.5 Å². The van der Waals surface area contributed by atoms with E-state index in [1.54, 1.807) is 12.5 Å². The van der Waals surface area contributed by atoms with Crippen LogP contribution < -0.4 is 10.1 Å². The Kier molecular flexibility index (Phi) is 7.32. The summed E-state index contributed by atoms with van der Waals surface area (Å²) >= 11 is 6.27. The largest absolute Gasteiger partial charge is 0.482 e. The smallest absolute Gasteiger partial charge is 0.257 e. The number of hydrogen-bond acceptors (Lipinski definition) is 5. The summed E-state index contributed by atoms with van der Waals surface area (Å²) in [5, 5.41) is 2.92. The number of fused-ring (bicyclic) bond motifs is 1. The first-order valence-corrected chi connectivity index (χ1v) is 12.5. The van der Waals surface area contributed by atoms with Gasteiger partial charge in [-0.2, -0.15) is 4.31 Å². The standard InChI is InChI=1S/C23H25ClN4O4S/c24-21-14-20(33(30,31)28-12-8-18-4-1-2-5-19(18)15-28)6-7-22(21)32-16-23(29)26-9-3-11-27-13-10-25-17-27/h1-2,4-7,10,13-14,17H,3,8-9,11-12,15-16H2,(H,26,29). The molecule has 0 bridgehead atoms. The maximum Gasteiger partial charge on any atom is 0.257 e. The Bertz CT molecular complexity index is 1210. The zero-order valence-corrected chi connectivity index (χ0v) is 19.6. The van der Waals surface area contributed by atoms with Crippen LogP contribution in [0.3, 0.4) is 0 Å². The second kappa shape index (κ2) is 10.4. The highest BCUT2D eigenvalue weighted by molar-refractivity contribution is 7.89. The molecule has 33 heavy (non-hydrogen) atoms. The first-order valence-electron chi connectivity index (χ1n) is 10.7. The number of sulfonamides is 1. The molecule has 0 atom stereocenters. The lowest BCUT2D eigenvalue weighted by molar-refractivity contribution is -0.123.